The molecule has 10 heavy (non-hydrogen) atoms. The fourth-order valence-electron chi connectivity index (χ4n) is 0.558. The van der Waals surface area contributed by atoms with Crippen LogP contribution in [0.5, 0.6) is 0 Å². The van der Waals surface area contributed by atoms with Crippen molar-refractivity contribution in [1.82, 2.24) is 0 Å². The Morgan fingerprint density at radius 1 is 1.30 bits per heavy atom. The Kier molecular flexibility index (Phi) is 6.86. The lowest BCUT2D eigenvalue weighted by molar-refractivity contribution is 0.637. The third kappa shape index (κ3) is 6.81. The molecular formula is C8H18S2. The van der Waals surface area contributed by atoms with Gasteiger partial charge >= 0.3 is 0 Å². The molecule has 0 radical (unpaired) electrons. The van der Waals surface area contributed by atoms with Crippen LogP contribution in [0.15, 0.2) is 0 Å². The Morgan fingerprint density at radius 2 is 1.90 bits per heavy atom. The summed E-state index contributed by atoms with van der Waals surface area (Å²) in [5, 5.41) is 0.550. The van der Waals surface area contributed by atoms with Crippen molar-refractivity contribution in [3.8, 4) is 0 Å². The largest absolute Gasteiger partial charge is 0.175 e. The lowest BCUT2D eigenvalue weighted by Gasteiger charge is -2.08. The number of hydrogen-bond acceptors (Lipinski definition) is 2. The first kappa shape index (κ1) is 10.7. The summed E-state index contributed by atoms with van der Waals surface area (Å²) in [4.78, 5) is 0. The maximum absolute atomic E-state index is 4.31. The van der Waals surface area contributed by atoms with E-state index in [1.165, 1.54) is 17.9 Å². The van der Waals surface area contributed by atoms with Gasteiger partial charge in [0.05, 0.1) is 0 Å². The molecular weight excluding hydrogens is 160 g/mol. The minimum absolute atomic E-state index is 0.550. The molecule has 0 aliphatic carbocycles. The van der Waals surface area contributed by atoms with Crippen LogP contribution in [-0.4, -0.2) is 16.8 Å². The fourth-order valence-corrected chi connectivity index (χ4v) is 1.99. The van der Waals surface area contributed by atoms with Gasteiger partial charge in [-0.15, -0.1) is 0 Å². The van der Waals surface area contributed by atoms with Gasteiger partial charge in [0.25, 0.3) is 0 Å². The van der Waals surface area contributed by atoms with Crippen LogP contribution in [0.3, 0.4) is 0 Å². The van der Waals surface area contributed by atoms with Gasteiger partial charge in [-0.2, -0.15) is 24.4 Å². The Hall–Kier alpha value is 0.700. The molecule has 2 unspecified atom stereocenters. The molecule has 0 nitrogen and oxygen atoms in total. The first-order valence-corrected chi connectivity index (χ1v) is 5.59. The van der Waals surface area contributed by atoms with E-state index in [9.17, 15) is 0 Å². The Bertz CT molecular complexity index is 71.7. The van der Waals surface area contributed by atoms with Gasteiger partial charge in [-0.05, 0) is 11.7 Å². The second-order valence-electron chi connectivity index (χ2n) is 2.90. The van der Waals surface area contributed by atoms with Crippen LogP contribution in [0.25, 0.3) is 0 Å². The summed E-state index contributed by atoms with van der Waals surface area (Å²) in [6.45, 7) is 6.69. The summed E-state index contributed by atoms with van der Waals surface area (Å²) in [6, 6.07) is 0. The van der Waals surface area contributed by atoms with E-state index in [-0.39, 0.29) is 0 Å². The van der Waals surface area contributed by atoms with Crippen LogP contribution in [0.1, 0.15) is 27.2 Å². The van der Waals surface area contributed by atoms with Gasteiger partial charge in [0.1, 0.15) is 0 Å². The monoisotopic (exact) mass is 178 g/mol. The molecule has 62 valence electrons. The van der Waals surface area contributed by atoms with Crippen LogP contribution in [0.2, 0.25) is 0 Å². The average Bonchev–Trinajstić information content (AvgIpc) is 1.87. The highest BCUT2D eigenvalue weighted by molar-refractivity contribution is 8.00. The zero-order valence-corrected chi connectivity index (χ0v) is 8.84. The van der Waals surface area contributed by atoms with Crippen molar-refractivity contribution in [3.05, 3.63) is 0 Å². The topological polar surface area (TPSA) is 0 Å². The molecule has 2 atom stereocenters. The zero-order chi connectivity index (χ0) is 7.98. The normalized spacial score (nSPS) is 16.8. The van der Waals surface area contributed by atoms with E-state index in [0.717, 1.165) is 5.92 Å². The van der Waals surface area contributed by atoms with Crippen LogP contribution >= 0.6 is 24.4 Å². The van der Waals surface area contributed by atoms with Crippen molar-refractivity contribution < 1.29 is 0 Å². The molecule has 0 bridgehead atoms. The van der Waals surface area contributed by atoms with Gasteiger partial charge in [-0.1, -0.05) is 27.2 Å². The summed E-state index contributed by atoms with van der Waals surface area (Å²) in [5.74, 6) is 3.35. The van der Waals surface area contributed by atoms with Crippen LogP contribution in [-0.2, 0) is 0 Å². The molecule has 0 amide bonds. The third-order valence-corrected chi connectivity index (χ3v) is 3.43. The summed E-state index contributed by atoms with van der Waals surface area (Å²) in [7, 11) is 0. The van der Waals surface area contributed by atoms with Crippen molar-refractivity contribution in [3.63, 3.8) is 0 Å². The van der Waals surface area contributed by atoms with Crippen molar-refractivity contribution in [2.75, 3.05) is 11.5 Å². The molecule has 0 fully saturated rings. The van der Waals surface area contributed by atoms with E-state index >= 15 is 0 Å². The highest BCUT2D eigenvalue weighted by Crippen LogP contribution is 2.13. The van der Waals surface area contributed by atoms with Gasteiger partial charge in [0.2, 0.25) is 0 Å². The molecule has 0 aromatic heterocycles. The first-order chi connectivity index (χ1) is 4.66. The first-order valence-electron chi connectivity index (χ1n) is 3.92. The smallest absolute Gasteiger partial charge is 0.00791 e. The van der Waals surface area contributed by atoms with Gasteiger partial charge in [0, 0.05) is 11.0 Å². The highest BCUT2D eigenvalue weighted by atomic mass is 32.2. The van der Waals surface area contributed by atoms with E-state index < -0.39 is 0 Å². The SMILES string of the molecule is CCC(C)CSCC(C)S. The molecule has 0 aliphatic heterocycles. The number of hydrogen-bond donors (Lipinski definition) is 1. The predicted octanol–water partition coefficient (Wildman–Crippen LogP) is 3.08. The predicted molar refractivity (Wildman–Crippen MR) is 55.2 cm³/mol. The maximum atomic E-state index is 4.31. The number of rotatable bonds is 5. The Labute approximate surface area is 74.6 Å². The van der Waals surface area contributed by atoms with Gasteiger partial charge < -0.3 is 0 Å². The Balaban J connectivity index is 3.03. The summed E-state index contributed by atoms with van der Waals surface area (Å²) >= 11 is 6.33. The second kappa shape index (κ2) is 6.41. The molecule has 0 spiro atoms. The summed E-state index contributed by atoms with van der Waals surface area (Å²) in [5.41, 5.74) is 0. The molecule has 0 aromatic rings. The molecule has 0 aliphatic rings. The Morgan fingerprint density at radius 3 is 2.30 bits per heavy atom. The average molecular weight is 178 g/mol. The minimum Gasteiger partial charge on any atom is -0.175 e. The molecule has 0 heterocycles. The van der Waals surface area contributed by atoms with E-state index in [0.29, 0.717) is 5.25 Å². The summed E-state index contributed by atoms with van der Waals surface area (Å²) < 4.78 is 0. The van der Waals surface area contributed by atoms with Gasteiger partial charge in [-0.25, -0.2) is 0 Å². The molecule has 0 saturated carbocycles. The molecule has 0 rings (SSSR count). The van der Waals surface area contributed by atoms with Crippen LogP contribution in [0.4, 0.5) is 0 Å². The lowest BCUT2D eigenvalue weighted by atomic mass is 10.2. The quantitative estimate of drug-likeness (QED) is 0.631. The molecule has 0 saturated heterocycles. The fraction of sp³-hybridized carbons (Fsp3) is 1.00. The molecule has 0 N–H and O–H groups in total. The molecule has 0 aromatic carbocycles. The van der Waals surface area contributed by atoms with E-state index in [1.54, 1.807) is 0 Å². The third-order valence-electron chi connectivity index (χ3n) is 1.46. The highest BCUT2D eigenvalue weighted by Gasteiger charge is 1.99. The van der Waals surface area contributed by atoms with Gasteiger partial charge in [0.15, 0.2) is 0 Å². The number of thiol groups is 1. The van der Waals surface area contributed by atoms with E-state index in [2.05, 4.69) is 33.4 Å². The van der Waals surface area contributed by atoms with Crippen LogP contribution in [0, 0.1) is 5.92 Å². The van der Waals surface area contributed by atoms with E-state index in [1.807, 2.05) is 11.8 Å². The molecule has 2 heteroatoms. The minimum atomic E-state index is 0.550. The van der Waals surface area contributed by atoms with Crippen molar-refractivity contribution in [1.29, 1.82) is 0 Å². The van der Waals surface area contributed by atoms with Crippen molar-refractivity contribution in [2.45, 2.75) is 32.4 Å². The lowest BCUT2D eigenvalue weighted by Crippen LogP contribution is -2.00. The van der Waals surface area contributed by atoms with Gasteiger partial charge in [-0.3, -0.25) is 0 Å². The standard InChI is InChI=1S/C8H18S2/c1-4-7(2)5-10-6-8(3)9/h7-9H,4-6H2,1-3H3. The number of thioether (sulfide) groups is 1. The second-order valence-corrected chi connectivity index (χ2v) is 4.86. The maximum Gasteiger partial charge on any atom is 0.00791 e. The van der Waals surface area contributed by atoms with E-state index in [4.69, 9.17) is 0 Å². The summed E-state index contributed by atoms with van der Waals surface area (Å²) in [6.07, 6.45) is 1.30. The van der Waals surface area contributed by atoms with Crippen molar-refractivity contribution >= 4 is 24.4 Å². The van der Waals surface area contributed by atoms with Crippen LogP contribution < -0.4 is 0 Å². The van der Waals surface area contributed by atoms with Crippen molar-refractivity contribution in [2.24, 2.45) is 5.92 Å². The zero-order valence-electron chi connectivity index (χ0n) is 7.13.